The van der Waals surface area contributed by atoms with Crippen molar-refractivity contribution in [3.8, 4) is 11.1 Å². The van der Waals surface area contributed by atoms with Gasteiger partial charge in [-0.25, -0.2) is 0 Å². The number of rotatable bonds is 4. The van der Waals surface area contributed by atoms with Crippen molar-refractivity contribution in [1.82, 2.24) is 0 Å². The van der Waals surface area contributed by atoms with Gasteiger partial charge < -0.3 is 5.11 Å². The summed E-state index contributed by atoms with van der Waals surface area (Å²) in [7, 11) is 0. The lowest BCUT2D eigenvalue weighted by Gasteiger charge is -2.26. The smallest absolute Gasteiger partial charge is 0.173 e. The molecule has 2 nitrogen and oxygen atoms in total. The number of carbonyl (C=O) groups excluding carboxylic acids is 1. The van der Waals surface area contributed by atoms with Gasteiger partial charge in [-0.2, -0.15) is 0 Å². The second kappa shape index (κ2) is 9.48. The van der Waals surface area contributed by atoms with E-state index in [0.29, 0.717) is 35.5 Å². The topological polar surface area (TPSA) is 37.3 Å². The third-order valence-corrected chi connectivity index (χ3v) is 7.89. The molecule has 1 unspecified atom stereocenters. The maximum absolute atomic E-state index is 12.9. The molecule has 0 aromatic heterocycles. The highest BCUT2D eigenvalue weighted by atomic mass is 35.5. The van der Waals surface area contributed by atoms with Crippen molar-refractivity contribution in [3.05, 3.63) is 97.0 Å². The Bertz CT molecular complexity index is 1210. The zero-order chi connectivity index (χ0) is 22.1. The largest absolute Gasteiger partial charge is 0.511 e. The Hall–Kier alpha value is -1.62. The first kappa shape index (κ1) is 22.6. The highest BCUT2D eigenvalue weighted by Gasteiger charge is 2.32. The molecule has 0 saturated carbocycles. The van der Waals surface area contributed by atoms with Crippen LogP contribution in [0.3, 0.4) is 0 Å². The molecule has 158 valence electrons. The van der Waals surface area contributed by atoms with Crippen molar-refractivity contribution >= 4 is 63.9 Å². The molecule has 0 fully saturated rings. The summed E-state index contributed by atoms with van der Waals surface area (Å²) in [5.74, 6) is -0.499. The minimum Gasteiger partial charge on any atom is -0.511 e. The monoisotopic (exact) mass is 508 g/mol. The lowest BCUT2D eigenvalue weighted by atomic mass is 9.84. The van der Waals surface area contributed by atoms with Crippen LogP contribution in [-0.4, -0.2) is 10.9 Å². The summed E-state index contributed by atoms with van der Waals surface area (Å²) in [4.78, 5) is 14.0. The molecule has 31 heavy (non-hydrogen) atoms. The number of aliphatic hydroxyl groups is 1. The van der Waals surface area contributed by atoms with Gasteiger partial charge in [0.15, 0.2) is 5.78 Å². The van der Waals surface area contributed by atoms with Gasteiger partial charge in [-0.1, -0.05) is 94.6 Å². The van der Waals surface area contributed by atoms with Crippen molar-refractivity contribution in [3.63, 3.8) is 0 Å². The Morgan fingerprint density at radius 1 is 0.774 bits per heavy atom. The summed E-state index contributed by atoms with van der Waals surface area (Å²) in [5, 5.41) is 12.7. The maximum atomic E-state index is 12.9. The highest BCUT2D eigenvalue weighted by Crippen LogP contribution is 2.47. The van der Waals surface area contributed by atoms with Crippen LogP contribution in [0.1, 0.15) is 24.3 Å². The highest BCUT2D eigenvalue weighted by molar-refractivity contribution is 8.04. The predicted molar refractivity (Wildman–Crippen MR) is 131 cm³/mol. The summed E-state index contributed by atoms with van der Waals surface area (Å²) in [6.07, 6.45) is 0.437. The van der Waals surface area contributed by atoms with Crippen LogP contribution in [-0.2, 0) is 4.79 Å². The number of Topliss-reactive ketones (excluding diaryl/α,β-unsaturated/α-hetero) is 1. The minimum atomic E-state index is -0.342. The van der Waals surface area contributed by atoms with Crippen molar-refractivity contribution < 1.29 is 9.90 Å². The number of hydrogen-bond acceptors (Lipinski definition) is 3. The van der Waals surface area contributed by atoms with Crippen molar-refractivity contribution in [2.75, 3.05) is 0 Å². The molecule has 0 amide bonds. The fraction of sp³-hybridized carbons (Fsp3) is 0.125. The Labute approximate surface area is 204 Å². The van der Waals surface area contributed by atoms with E-state index in [1.54, 1.807) is 18.2 Å². The first-order valence-electron chi connectivity index (χ1n) is 9.47. The molecule has 3 aromatic rings. The van der Waals surface area contributed by atoms with Gasteiger partial charge in [0.25, 0.3) is 0 Å². The normalized spacial score (nSPS) is 16.6. The predicted octanol–water partition coefficient (Wildman–Crippen LogP) is 8.98. The van der Waals surface area contributed by atoms with Crippen LogP contribution in [0.5, 0.6) is 0 Å². The number of thioether (sulfide) groups is 1. The fourth-order valence-corrected chi connectivity index (χ4v) is 5.86. The molecule has 0 radical (unpaired) electrons. The number of halogens is 4. The molecule has 4 rings (SSSR count). The molecule has 1 aliphatic rings. The number of aliphatic hydroxyl groups excluding tert-OH is 1. The summed E-state index contributed by atoms with van der Waals surface area (Å²) >= 11 is 27.0. The van der Waals surface area contributed by atoms with Gasteiger partial charge in [0.2, 0.25) is 0 Å². The molecular formula is C24H16Cl4O2S. The molecule has 0 aliphatic heterocycles. The van der Waals surface area contributed by atoms with Crippen LogP contribution in [0, 0.1) is 0 Å². The average Bonchev–Trinajstić information content (AvgIpc) is 2.73. The van der Waals surface area contributed by atoms with Gasteiger partial charge in [-0.15, -0.1) is 0 Å². The van der Waals surface area contributed by atoms with E-state index in [1.165, 1.54) is 11.8 Å². The molecule has 1 aliphatic carbocycles. The molecule has 0 bridgehead atoms. The van der Waals surface area contributed by atoms with E-state index in [0.717, 1.165) is 11.1 Å². The van der Waals surface area contributed by atoms with Crippen LogP contribution in [0.15, 0.2) is 76.2 Å². The van der Waals surface area contributed by atoms with Gasteiger partial charge in [-0.3, -0.25) is 4.79 Å². The van der Waals surface area contributed by atoms with Gasteiger partial charge in [0.1, 0.15) is 5.76 Å². The molecular weight excluding hydrogens is 494 g/mol. The second-order valence-electron chi connectivity index (χ2n) is 7.14. The Morgan fingerprint density at radius 2 is 1.45 bits per heavy atom. The number of benzene rings is 3. The summed E-state index contributed by atoms with van der Waals surface area (Å²) in [6, 6.07) is 18.2. The van der Waals surface area contributed by atoms with Crippen LogP contribution in [0.2, 0.25) is 20.1 Å². The summed E-state index contributed by atoms with van der Waals surface area (Å²) in [6.45, 7) is 0. The number of ketones is 1. The van der Waals surface area contributed by atoms with Crippen molar-refractivity contribution in [2.24, 2.45) is 0 Å². The average molecular weight is 510 g/mol. The number of carbonyl (C=O) groups is 1. The third kappa shape index (κ3) is 4.62. The summed E-state index contributed by atoms with van der Waals surface area (Å²) in [5.41, 5.74) is 2.16. The van der Waals surface area contributed by atoms with E-state index in [1.807, 2.05) is 42.5 Å². The van der Waals surface area contributed by atoms with Crippen LogP contribution >= 0.6 is 58.2 Å². The molecule has 1 N–H and O–H groups in total. The van der Waals surface area contributed by atoms with Crippen LogP contribution < -0.4 is 0 Å². The van der Waals surface area contributed by atoms with E-state index in [-0.39, 0.29) is 30.3 Å². The van der Waals surface area contributed by atoms with E-state index in [9.17, 15) is 9.90 Å². The van der Waals surface area contributed by atoms with E-state index >= 15 is 0 Å². The molecule has 0 spiro atoms. The van der Waals surface area contributed by atoms with E-state index in [4.69, 9.17) is 46.4 Å². The zero-order valence-electron chi connectivity index (χ0n) is 16.0. The summed E-state index contributed by atoms with van der Waals surface area (Å²) < 4.78 is 0. The van der Waals surface area contributed by atoms with Gasteiger partial charge in [0, 0.05) is 44.8 Å². The first-order chi connectivity index (χ1) is 14.9. The van der Waals surface area contributed by atoms with Crippen LogP contribution in [0.4, 0.5) is 0 Å². The van der Waals surface area contributed by atoms with Crippen molar-refractivity contribution in [2.45, 2.75) is 23.7 Å². The molecule has 0 saturated heterocycles. The Balaban J connectivity index is 1.70. The van der Waals surface area contributed by atoms with E-state index in [2.05, 4.69) is 0 Å². The molecule has 0 heterocycles. The standard InChI is InChI=1S/C24H16Cl4O2S/c25-16-6-2-1-5-14(16)15-9-10-18(27)22(23(15)28)13-11-19(29)24(20(30)12-13)31-21-8-4-3-7-17(21)26/h1-10,13,29H,11-12H2. The Morgan fingerprint density at radius 3 is 2.13 bits per heavy atom. The van der Waals surface area contributed by atoms with E-state index < -0.39 is 0 Å². The molecule has 7 heteroatoms. The third-order valence-electron chi connectivity index (χ3n) is 5.13. The van der Waals surface area contributed by atoms with Crippen molar-refractivity contribution in [1.29, 1.82) is 0 Å². The number of hydrogen-bond donors (Lipinski definition) is 1. The van der Waals surface area contributed by atoms with Gasteiger partial charge in [-0.05, 0) is 29.8 Å². The van der Waals surface area contributed by atoms with Crippen LogP contribution in [0.25, 0.3) is 11.1 Å². The fourth-order valence-electron chi connectivity index (χ4n) is 3.66. The van der Waals surface area contributed by atoms with Gasteiger partial charge >= 0.3 is 0 Å². The Kier molecular flexibility index (Phi) is 6.90. The SMILES string of the molecule is O=C1CC(c2c(Cl)ccc(-c3ccccc3Cl)c2Cl)CC(O)=C1Sc1ccccc1Cl. The minimum absolute atomic E-state index is 0.0152. The molecule has 3 aromatic carbocycles. The lowest BCUT2D eigenvalue weighted by Crippen LogP contribution is -2.18. The lowest BCUT2D eigenvalue weighted by molar-refractivity contribution is -0.115. The quantitative estimate of drug-likeness (QED) is 0.381. The second-order valence-corrected chi connectivity index (χ2v) is 9.79. The zero-order valence-corrected chi connectivity index (χ0v) is 19.9. The molecule has 1 atom stereocenters. The maximum Gasteiger partial charge on any atom is 0.173 e. The number of allylic oxidation sites excluding steroid dienone is 2. The van der Waals surface area contributed by atoms with Gasteiger partial charge in [0.05, 0.1) is 15.0 Å². The first-order valence-corrected chi connectivity index (χ1v) is 11.8.